The first-order chi connectivity index (χ1) is 10.7. The fourth-order valence-electron chi connectivity index (χ4n) is 2.65. The van der Waals surface area contributed by atoms with Crippen LogP contribution in [0, 0.1) is 0 Å². The minimum Gasteiger partial charge on any atom is -0.478 e. The van der Waals surface area contributed by atoms with E-state index >= 15 is 0 Å². The second-order valence-electron chi connectivity index (χ2n) is 6.82. The third-order valence-corrected chi connectivity index (χ3v) is 3.70. The monoisotopic (exact) mass is 320 g/mol. The summed E-state index contributed by atoms with van der Waals surface area (Å²) in [6, 6.07) is 6.97. The molecule has 1 amide bonds. The van der Waals surface area contributed by atoms with Gasteiger partial charge in [0, 0.05) is 31.4 Å². The number of nitrogens with zero attached hydrogens (tertiary/aromatic N) is 2. The van der Waals surface area contributed by atoms with E-state index in [2.05, 4.69) is 4.90 Å². The Morgan fingerprint density at radius 2 is 1.96 bits per heavy atom. The average Bonchev–Trinajstić information content (AvgIpc) is 2.45. The summed E-state index contributed by atoms with van der Waals surface area (Å²) in [5.41, 5.74) is 0.623. The van der Waals surface area contributed by atoms with Crippen LogP contribution in [0.2, 0.25) is 0 Å². The van der Waals surface area contributed by atoms with Crippen LogP contribution in [0.4, 0.5) is 10.5 Å². The Hall–Kier alpha value is -2.24. The number of amides is 1. The van der Waals surface area contributed by atoms with Crippen LogP contribution in [0.3, 0.4) is 0 Å². The number of carbonyl (C=O) groups is 2. The maximum absolute atomic E-state index is 12.2. The average molecular weight is 320 g/mol. The number of hydrogen-bond donors (Lipinski definition) is 1. The van der Waals surface area contributed by atoms with Crippen molar-refractivity contribution in [3.8, 4) is 0 Å². The maximum Gasteiger partial charge on any atom is 0.410 e. The molecule has 1 aliphatic heterocycles. The van der Waals surface area contributed by atoms with Gasteiger partial charge in [-0.1, -0.05) is 6.07 Å². The summed E-state index contributed by atoms with van der Waals surface area (Å²) in [5.74, 6) is -0.938. The summed E-state index contributed by atoms with van der Waals surface area (Å²) in [5, 5.41) is 9.11. The summed E-state index contributed by atoms with van der Waals surface area (Å²) < 4.78 is 5.41. The summed E-state index contributed by atoms with van der Waals surface area (Å²) in [6.07, 6.45) is -0.303. The molecule has 1 fully saturated rings. The Labute approximate surface area is 136 Å². The van der Waals surface area contributed by atoms with Crippen LogP contribution >= 0.6 is 0 Å². The van der Waals surface area contributed by atoms with Crippen molar-refractivity contribution in [2.45, 2.75) is 39.3 Å². The lowest BCUT2D eigenvalue weighted by molar-refractivity contribution is 0.0218. The highest BCUT2D eigenvalue weighted by molar-refractivity contribution is 5.88. The lowest BCUT2D eigenvalue weighted by atomic mass is 10.1. The quantitative estimate of drug-likeness (QED) is 0.907. The zero-order valence-electron chi connectivity index (χ0n) is 14.1. The first-order valence-corrected chi connectivity index (χ1v) is 7.75. The number of aromatic carboxylic acids is 1. The normalized spacial score (nSPS) is 18.7. The Morgan fingerprint density at radius 1 is 1.26 bits per heavy atom. The van der Waals surface area contributed by atoms with Crippen molar-refractivity contribution in [3.63, 3.8) is 0 Å². The standard InChI is InChI=1S/C17H24N2O4/c1-12-11-18(16(22)23-17(2,3)4)8-9-19(12)14-7-5-6-13(10-14)15(20)21/h5-7,10,12H,8-9,11H2,1-4H3,(H,20,21)/t12-/m1/s1. The van der Waals surface area contributed by atoms with Crippen LogP contribution in [-0.2, 0) is 4.74 Å². The van der Waals surface area contributed by atoms with E-state index in [1.165, 1.54) is 0 Å². The Balaban J connectivity index is 2.06. The van der Waals surface area contributed by atoms with Crippen molar-refractivity contribution >= 4 is 17.7 Å². The van der Waals surface area contributed by atoms with Gasteiger partial charge in [0.05, 0.1) is 5.56 Å². The molecule has 2 rings (SSSR count). The fourth-order valence-corrected chi connectivity index (χ4v) is 2.65. The number of piperazine rings is 1. The SMILES string of the molecule is C[C@@H]1CN(C(=O)OC(C)(C)C)CCN1c1cccc(C(=O)O)c1. The lowest BCUT2D eigenvalue weighted by Gasteiger charge is -2.41. The first kappa shape index (κ1) is 17.1. The largest absolute Gasteiger partial charge is 0.478 e. The topological polar surface area (TPSA) is 70.1 Å². The summed E-state index contributed by atoms with van der Waals surface area (Å²) in [7, 11) is 0. The predicted molar refractivity (Wildman–Crippen MR) is 88.0 cm³/mol. The Kier molecular flexibility index (Phi) is 4.82. The molecule has 6 heteroatoms. The molecule has 1 saturated heterocycles. The van der Waals surface area contributed by atoms with Gasteiger partial charge in [-0.3, -0.25) is 0 Å². The summed E-state index contributed by atoms with van der Waals surface area (Å²) in [6.45, 7) is 9.31. The molecule has 1 aromatic carbocycles. The number of hydrogen-bond acceptors (Lipinski definition) is 4. The molecular formula is C17H24N2O4. The molecule has 0 aromatic heterocycles. The molecule has 0 radical (unpaired) electrons. The van der Waals surface area contributed by atoms with E-state index < -0.39 is 11.6 Å². The smallest absolute Gasteiger partial charge is 0.410 e. The van der Waals surface area contributed by atoms with Gasteiger partial charge in [0.1, 0.15) is 5.60 Å². The van der Waals surface area contributed by atoms with Crippen LogP contribution in [0.1, 0.15) is 38.1 Å². The van der Waals surface area contributed by atoms with Crippen LogP contribution in [-0.4, -0.2) is 53.3 Å². The molecular weight excluding hydrogens is 296 g/mol. The second-order valence-corrected chi connectivity index (χ2v) is 6.82. The van der Waals surface area contributed by atoms with Crippen molar-refractivity contribution in [2.24, 2.45) is 0 Å². The summed E-state index contributed by atoms with van der Waals surface area (Å²) >= 11 is 0. The fraction of sp³-hybridized carbons (Fsp3) is 0.529. The molecule has 1 atom stereocenters. The first-order valence-electron chi connectivity index (χ1n) is 7.75. The van der Waals surface area contributed by atoms with E-state index in [0.29, 0.717) is 19.6 Å². The van der Waals surface area contributed by atoms with Crippen molar-refractivity contribution in [2.75, 3.05) is 24.5 Å². The third kappa shape index (κ3) is 4.37. The lowest BCUT2D eigenvalue weighted by Crippen LogP contribution is -2.54. The Bertz CT molecular complexity index is 595. The highest BCUT2D eigenvalue weighted by Gasteiger charge is 2.30. The van der Waals surface area contributed by atoms with Gasteiger partial charge >= 0.3 is 12.1 Å². The number of rotatable bonds is 2. The Morgan fingerprint density at radius 3 is 2.52 bits per heavy atom. The van der Waals surface area contributed by atoms with Crippen LogP contribution < -0.4 is 4.90 Å². The molecule has 0 aliphatic carbocycles. The molecule has 1 N–H and O–H groups in total. The van der Waals surface area contributed by atoms with E-state index in [-0.39, 0.29) is 17.7 Å². The van der Waals surface area contributed by atoms with Crippen molar-refractivity contribution in [1.29, 1.82) is 0 Å². The minimum atomic E-state index is -0.938. The van der Waals surface area contributed by atoms with Crippen LogP contribution in [0.15, 0.2) is 24.3 Å². The number of anilines is 1. The van der Waals surface area contributed by atoms with E-state index in [0.717, 1.165) is 5.69 Å². The van der Waals surface area contributed by atoms with Gasteiger partial charge in [0.2, 0.25) is 0 Å². The maximum atomic E-state index is 12.2. The zero-order valence-corrected chi connectivity index (χ0v) is 14.1. The second kappa shape index (κ2) is 6.48. The van der Waals surface area contributed by atoms with Crippen LogP contribution in [0.5, 0.6) is 0 Å². The van der Waals surface area contributed by atoms with Crippen molar-refractivity contribution < 1.29 is 19.4 Å². The number of benzene rings is 1. The van der Waals surface area contributed by atoms with Gasteiger partial charge in [-0.25, -0.2) is 9.59 Å². The highest BCUT2D eigenvalue weighted by Crippen LogP contribution is 2.23. The molecule has 0 bridgehead atoms. The third-order valence-electron chi connectivity index (χ3n) is 3.70. The van der Waals surface area contributed by atoms with E-state index in [9.17, 15) is 9.59 Å². The van der Waals surface area contributed by atoms with E-state index in [4.69, 9.17) is 9.84 Å². The molecule has 1 aromatic rings. The molecule has 1 heterocycles. The van der Waals surface area contributed by atoms with Gasteiger partial charge < -0.3 is 19.6 Å². The van der Waals surface area contributed by atoms with Gasteiger partial charge in [-0.2, -0.15) is 0 Å². The van der Waals surface area contributed by atoms with Gasteiger partial charge in [0.15, 0.2) is 0 Å². The van der Waals surface area contributed by atoms with Gasteiger partial charge in [0.25, 0.3) is 0 Å². The molecule has 0 spiro atoms. The highest BCUT2D eigenvalue weighted by atomic mass is 16.6. The number of ether oxygens (including phenoxy) is 1. The van der Waals surface area contributed by atoms with Crippen molar-refractivity contribution in [3.05, 3.63) is 29.8 Å². The van der Waals surface area contributed by atoms with Crippen molar-refractivity contribution in [1.82, 2.24) is 4.90 Å². The van der Waals surface area contributed by atoms with E-state index in [1.807, 2.05) is 33.8 Å². The summed E-state index contributed by atoms with van der Waals surface area (Å²) in [4.78, 5) is 27.1. The molecule has 6 nitrogen and oxygen atoms in total. The van der Waals surface area contributed by atoms with Gasteiger partial charge in [-0.05, 0) is 45.9 Å². The number of carbonyl (C=O) groups excluding carboxylic acids is 1. The zero-order chi connectivity index (χ0) is 17.2. The molecule has 23 heavy (non-hydrogen) atoms. The van der Waals surface area contributed by atoms with E-state index in [1.54, 1.807) is 23.1 Å². The van der Waals surface area contributed by atoms with Crippen LogP contribution in [0.25, 0.3) is 0 Å². The molecule has 126 valence electrons. The molecule has 0 unspecified atom stereocenters. The minimum absolute atomic E-state index is 0.0836. The molecule has 1 aliphatic rings. The number of carboxylic acids is 1. The van der Waals surface area contributed by atoms with Gasteiger partial charge in [-0.15, -0.1) is 0 Å². The number of carboxylic acid groups (broad SMARTS) is 1. The molecule has 0 saturated carbocycles. The predicted octanol–water partition coefficient (Wildman–Crippen LogP) is 2.83.